The molecule has 138 valence electrons. The van der Waals surface area contributed by atoms with Crippen molar-refractivity contribution in [1.82, 2.24) is 10.2 Å². The van der Waals surface area contributed by atoms with Gasteiger partial charge in [0.15, 0.2) is 0 Å². The molecule has 3 nitrogen and oxygen atoms in total. The van der Waals surface area contributed by atoms with Crippen molar-refractivity contribution in [1.29, 1.82) is 0 Å². The highest BCUT2D eigenvalue weighted by Gasteiger charge is 2.30. The molecule has 1 aliphatic rings. The van der Waals surface area contributed by atoms with Gasteiger partial charge in [-0.15, -0.1) is 0 Å². The Morgan fingerprint density at radius 1 is 1.08 bits per heavy atom. The van der Waals surface area contributed by atoms with Gasteiger partial charge in [0.05, 0.1) is 0 Å². The zero-order valence-electron chi connectivity index (χ0n) is 16.2. The molecule has 1 amide bonds. The summed E-state index contributed by atoms with van der Waals surface area (Å²) in [7, 11) is 0. The van der Waals surface area contributed by atoms with Gasteiger partial charge in [-0.25, -0.2) is 0 Å². The van der Waals surface area contributed by atoms with Gasteiger partial charge in [0, 0.05) is 31.6 Å². The summed E-state index contributed by atoms with van der Waals surface area (Å²) in [6.45, 7) is 9.24. The van der Waals surface area contributed by atoms with Gasteiger partial charge in [-0.3, -0.25) is 9.69 Å². The number of hydrogen-bond acceptors (Lipinski definition) is 2. The van der Waals surface area contributed by atoms with Gasteiger partial charge in [0.25, 0.3) is 0 Å². The summed E-state index contributed by atoms with van der Waals surface area (Å²) >= 11 is 0. The van der Waals surface area contributed by atoms with Gasteiger partial charge >= 0.3 is 0 Å². The summed E-state index contributed by atoms with van der Waals surface area (Å²) in [5.41, 5.74) is 4.03. The lowest BCUT2D eigenvalue weighted by molar-refractivity contribution is -0.122. The smallest absolute Gasteiger partial charge is 0.220 e. The lowest BCUT2D eigenvalue weighted by Gasteiger charge is -2.41. The van der Waals surface area contributed by atoms with Gasteiger partial charge in [-0.1, -0.05) is 61.5 Å². The molecule has 26 heavy (non-hydrogen) atoms. The Morgan fingerprint density at radius 2 is 1.73 bits per heavy atom. The lowest BCUT2D eigenvalue weighted by atomic mass is 9.93. The predicted octanol–water partition coefficient (Wildman–Crippen LogP) is 4.13. The molecule has 1 heterocycles. The van der Waals surface area contributed by atoms with Crippen LogP contribution >= 0.6 is 0 Å². The van der Waals surface area contributed by atoms with Crippen LogP contribution in [0, 0.1) is 0 Å². The molecule has 0 saturated heterocycles. The first kappa shape index (κ1) is 18.7. The minimum atomic E-state index is -0.0564. The highest BCUT2D eigenvalue weighted by atomic mass is 16.1. The molecule has 0 spiro atoms. The maximum Gasteiger partial charge on any atom is 0.220 e. The number of benzene rings is 2. The second-order valence-electron chi connectivity index (χ2n) is 8.05. The second kappa shape index (κ2) is 8.05. The van der Waals surface area contributed by atoms with E-state index in [4.69, 9.17) is 0 Å². The van der Waals surface area contributed by atoms with Crippen molar-refractivity contribution in [3.8, 4) is 0 Å². The number of rotatable bonds is 6. The van der Waals surface area contributed by atoms with Crippen molar-refractivity contribution in [3.05, 3.63) is 71.3 Å². The van der Waals surface area contributed by atoms with E-state index in [1.165, 1.54) is 16.7 Å². The standard InChI is InChI=1S/C23H30N2O/c1-18(19-9-5-4-6-10-19)15-22(26)24-17-23(2,3)25-14-13-20-11-7-8-12-21(20)16-25/h4-12,18H,13-17H2,1-3H3,(H,24,26). The fourth-order valence-electron chi connectivity index (χ4n) is 3.69. The molecular formula is C23H30N2O. The number of carbonyl (C=O) groups excluding carboxylic acids is 1. The molecule has 0 fully saturated rings. The minimum Gasteiger partial charge on any atom is -0.354 e. The van der Waals surface area contributed by atoms with Crippen LogP contribution in [0.4, 0.5) is 0 Å². The second-order valence-corrected chi connectivity index (χ2v) is 8.05. The third-order valence-corrected chi connectivity index (χ3v) is 5.57. The monoisotopic (exact) mass is 350 g/mol. The van der Waals surface area contributed by atoms with E-state index >= 15 is 0 Å². The van der Waals surface area contributed by atoms with Gasteiger partial charge < -0.3 is 5.32 Å². The third-order valence-electron chi connectivity index (χ3n) is 5.57. The first-order chi connectivity index (χ1) is 12.5. The first-order valence-electron chi connectivity index (χ1n) is 9.59. The molecule has 1 atom stereocenters. The first-order valence-corrected chi connectivity index (χ1v) is 9.59. The molecule has 0 bridgehead atoms. The quantitative estimate of drug-likeness (QED) is 0.849. The molecule has 0 aliphatic carbocycles. The van der Waals surface area contributed by atoms with Crippen molar-refractivity contribution in [3.63, 3.8) is 0 Å². The molecule has 2 aromatic carbocycles. The predicted molar refractivity (Wildman–Crippen MR) is 107 cm³/mol. The van der Waals surface area contributed by atoms with Crippen LogP contribution in [0.15, 0.2) is 54.6 Å². The average Bonchev–Trinajstić information content (AvgIpc) is 2.67. The fourth-order valence-corrected chi connectivity index (χ4v) is 3.69. The van der Waals surface area contributed by atoms with E-state index in [1.54, 1.807) is 0 Å². The largest absolute Gasteiger partial charge is 0.354 e. The Bertz CT molecular complexity index is 739. The zero-order valence-corrected chi connectivity index (χ0v) is 16.2. The SMILES string of the molecule is CC(CC(=O)NCC(C)(C)N1CCc2ccccc2C1)c1ccccc1. The fraction of sp³-hybridized carbons (Fsp3) is 0.435. The summed E-state index contributed by atoms with van der Waals surface area (Å²) in [5.74, 6) is 0.369. The van der Waals surface area contributed by atoms with Crippen molar-refractivity contribution < 1.29 is 4.79 Å². The Labute approximate surface area is 157 Å². The Hall–Kier alpha value is -2.13. The molecule has 3 heteroatoms. The van der Waals surface area contributed by atoms with Crippen molar-refractivity contribution >= 4 is 5.91 Å². The van der Waals surface area contributed by atoms with Gasteiger partial charge in [-0.05, 0) is 42.9 Å². The average molecular weight is 351 g/mol. The van der Waals surface area contributed by atoms with E-state index in [-0.39, 0.29) is 17.4 Å². The van der Waals surface area contributed by atoms with Crippen LogP contribution in [0.5, 0.6) is 0 Å². The van der Waals surface area contributed by atoms with Gasteiger partial charge in [0.2, 0.25) is 5.91 Å². The van der Waals surface area contributed by atoms with E-state index in [2.05, 4.69) is 67.4 Å². The minimum absolute atomic E-state index is 0.0564. The summed E-state index contributed by atoms with van der Waals surface area (Å²) in [6.07, 6.45) is 1.61. The summed E-state index contributed by atoms with van der Waals surface area (Å²) in [4.78, 5) is 14.9. The van der Waals surface area contributed by atoms with Crippen LogP contribution in [0.25, 0.3) is 0 Å². The number of nitrogens with one attached hydrogen (secondary N) is 1. The third kappa shape index (κ3) is 4.53. The van der Waals surface area contributed by atoms with E-state index in [1.807, 2.05) is 18.2 Å². The highest BCUT2D eigenvalue weighted by molar-refractivity contribution is 5.76. The Kier molecular flexibility index (Phi) is 5.77. The zero-order chi connectivity index (χ0) is 18.6. The highest BCUT2D eigenvalue weighted by Crippen LogP contribution is 2.25. The van der Waals surface area contributed by atoms with E-state index in [9.17, 15) is 4.79 Å². The number of fused-ring (bicyclic) bond motifs is 1. The molecule has 1 aliphatic heterocycles. The topological polar surface area (TPSA) is 32.3 Å². The number of nitrogens with zero attached hydrogens (tertiary/aromatic N) is 1. The molecule has 1 unspecified atom stereocenters. The van der Waals surface area contributed by atoms with Crippen LogP contribution in [-0.4, -0.2) is 29.4 Å². The van der Waals surface area contributed by atoms with Crippen LogP contribution in [0.2, 0.25) is 0 Å². The number of carbonyl (C=O) groups is 1. The summed E-state index contributed by atoms with van der Waals surface area (Å²) in [6, 6.07) is 18.9. The van der Waals surface area contributed by atoms with Gasteiger partial charge in [-0.2, -0.15) is 0 Å². The summed E-state index contributed by atoms with van der Waals surface area (Å²) < 4.78 is 0. The number of amides is 1. The van der Waals surface area contributed by atoms with Crippen molar-refractivity contribution in [2.45, 2.75) is 51.6 Å². The Morgan fingerprint density at radius 3 is 2.46 bits per heavy atom. The van der Waals surface area contributed by atoms with Crippen LogP contribution in [0.3, 0.4) is 0 Å². The normalized spacial score (nSPS) is 16.0. The van der Waals surface area contributed by atoms with Gasteiger partial charge in [0.1, 0.15) is 0 Å². The molecule has 0 aromatic heterocycles. The molecule has 3 rings (SSSR count). The van der Waals surface area contributed by atoms with E-state index in [0.717, 1.165) is 19.5 Å². The maximum absolute atomic E-state index is 12.4. The number of hydrogen-bond donors (Lipinski definition) is 1. The Balaban J connectivity index is 1.52. The van der Waals surface area contributed by atoms with Crippen LogP contribution in [-0.2, 0) is 17.8 Å². The molecular weight excluding hydrogens is 320 g/mol. The molecule has 2 aromatic rings. The van der Waals surface area contributed by atoms with E-state index < -0.39 is 0 Å². The maximum atomic E-state index is 12.4. The molecule has 0 saturated carbocycles. The van der Waals surface area contributed by atoms with Crippen molar-refractivity contribution in [2.24, 2.45) is 0 Å². The summed E-state index contributed by atoms with van der Waals surface area (Å²) in [5, 5.41) is 3.16. The lowest BCUT2D eigenvalue weighted by Crippen LogP contribution is -2.53. The van der Waals surface area contributed by atoms with Crippen LogP contribution in [0.1, 0.15) is 49.8 Å². The van der Waals surface area contributed by atoms with Crippen LogP contribution < -0.4 is 5.32 Å². The molecule has 1 N–H and O–H groups in total. The van der Waals surface area contributed by atoms with E-state index in [0.29, 0.717) is 13.0 Å². The van der Waals surface area contributed by atoms with Crippen molar-refractivity contribution in [2.75, 3.05) is 13.1 Å². The molecule has 0 radical (unpaired) electrons.